The van der Waals surface area contributed by atoms with Crippen LogP contribution in [0.15, 0.2) is 23.2 Å². The fourth-order valence-electron chi connectivity index (χ4n) is 1.24. The van der Waals surface area contributed by atoms with Crippen molar-refractivity contribution in [2.24, 2.45) is 5.73 Å². The lowest BCUT2D eigenvalue weighted by Gasteiger charge is -2.12. The van der Waals surface area contributed by atoms with Gasteiger partial charge in [0.1, 0.15) is 0 Å². The van der Waals surface area contributed by atoms with Gasteiger partial charge in [0.05, 0.1) is 14.2 Å². The van der Waals surface area contributed by atoms with Gasteiger partial charge in [-0.05, 0) is 23.3 Å². The largest absolute Gasteiger partial charge is 0.493 e. The first kappa shape index (κ1) is 12.1. The summed E-state index contributed by atoms with van der Waals surface area (Å²) in [5, 5.41) is 0. The van der Waals surface area contributed by atoms with Crippen molar-refractivity contribution in [1.82, 2.24) is 0 Å². The predicted molar refractivity (Wildman–Crippen MR) is 65.3 cm³/mol. The van der Waals surface area contributed by atoms with Gasteiger partial charge in [0.2, 0.25) is 0 Å². The Labute approximate surface area is 98.0 Å². The van der Waals surface area contributed by atoms with E-state index in [0.29, 0.717) is 18.0 Å². The monoisotopic (exact) mass is 271 g/mol. The Hall–Kier alpha value is -1.00. The Bertz CT molecular complexity index is 377. The summed E-state index contributed by atoms with van der Waals surface area (Å²) in [5.41, 5.74) is 7.33. The maximum absolute atomic E-state index is 5.54. The van der Waals surface area contributed by atoms with Gasteiger partial charge in [-0.2, -0.15) is 0 Å². The molecule has 4 heteroatoms. The molecular weight excluding hydrogens is 258 g/mol. The van der Waals surface area contributed by atoms with Gasteiger partial charge < -0.3 is 15.2 Å². The second-order valence-corrected chi connectivity index (χ2v) is 3.85. The average molecular weight is 272 g/mol. The van der Waals surface area contributed by atoms with Crippen LogP contribution in [0.2, 0.25) is 0 Å². The highest BCUT2D eigenvalue weighted by molar-refractivity contribution is 9.10. The van der Waals surface area contributed by atoms with Crippen LogP contribution in [0, 0.1) is 0 Å². The van der Waals surface area contributed by atoms with Crippen LogP contribution < -0.4 is 15.2 Å². The van der Waals surface area contributed by atoms with E-state index in [1.54, 1.807) is 14.2 Å². The van der Waals surface area contributed by atoms with Gasteiger partial charge in [0, 0.05) is 11.0 Å². The van der Waals surface area contributed by atoms with Crippen LogP contribution in [0.3, 0.4) is 0 Å². The number of hydrogen-bond donors (Lipinski definition) is 1. The Kier molecular flexibility index (Phi) is 4.17. The molecule has 0 bridgehead atoms. The molecule has 2 N–H and O–H groups in total. The standard InChI is InChI=1S/C11H14BrNO2/c1-7(6-13)8-4-10(14-2)11(15-3)5-9(8)12/h4-5H,1,6,13H2,2-3H3. The lowest BCUT2D eigenvalue weighted by atomic mass is 10.1. The molecule has 0 spiro atoms. The molecule has 15 heavy (non-hydrogen) atoms. The van der Waals surface area contributed by atoms with E-state index in [2.05, 4.69) is 22.5 Å². The van der Waals surface area contributed by atoms with E-state index in [1.165, 1.54) is 0 Å². The van der Waals surface area contributed by atoms with Gasteiger partial charge in [-0.3, -0.25) is 0 Å². The minimum Gasteiger partial charge on any atom is -0.493 e. The molecule has 0 atom stereocenters. The van der Waals surface area contributed by atoms with E-state index in [0.717, 1.165) is 15.6 Å². The highest BCUT2D eigenvalue weighted by atomic mass is 79.9. The molecule has 82 valence electrons. The zero-order valence-electron chi connectivity index (χ0n) is 8.84. The topological polar surface area (TPSA) is 44.5 Å². The number of hydrogen-bond acceptors (Lipinski definition) is 3. The van der Waals surface area contributed by atoms with Crippen LogP contribution in [0.1, 0.15) is 5.56 Å². The smallest absolute Gasteiger partial charge is 0.161 e. The summed E-state index contributed by atoms with van der Waals surface area (Å²) in [6.07, 6.45) is 0. The molecule has 0 amide bonds. The number of halogens is 1. The summed E-state index contributed by atoms with van der Waals surface area (Å²) >= 11 is 3.44. The van der Waals surface area contributed by atoms with Gasteiger partial charge in [-0.1, -0.05) is 22.5 Å². The van der Waals surface area contributed by atoms with Gasteiger partial charge >= 0.3 is 0 Å². The number of ether oxygens (including phenoxy) is 2. The van der Waals surface area contributed by atoms with Crippen molar-refractivity contribution in [1.29, 1.82) is 0 Å². The number of rotatable bonds is 4. The zero-order chi connectivity index (χ0) is 11.4. The molecule has 0 saturated heterocycles. The van der Waals surface area contributed by atoms with Crippen LogP contribution in [-0.4, -0.2) is 20.8 Å². The number of methoxy groups -OCH3 is 2. The molecule has 0 radical (unpaired) electrons. The minimum atomic E-state index is 0.411. The summed E-state index contributed by atoms with van der Waals surface area (Å²) in [5.74, 6) is 1.35. The summed E-state index contributed by atoms with van der Waals surface area (Å²) in [4.78, 5) is 0. The molecule has 0 aliphatic carbocycles. The van der Waals surface area contributed by atoms with Crippen molar-refractivity contribution in [2.75, 3.05) is 20.8 Å². The van der Waals surface area contributed by atoms with E-state index in [9.17, 15) is 0 Å². The van der Waals surface area contributed by atoms with Gasteiger partial charge in [0.25, 0.3) is 0 Å². The second-order valence-electron chi connectivity index (χ2n) is 2.99. The van der Waals surface area contributed by atoms with Gasteiger partial charge in [-0.15, -0.1) is 0 Å². The minimum absolute atomic E-state index is 0.411. The fourth-order valence-corrected chi connectivity index (χ4v) is 1.84. The fraction of sp³-hybridized carbons (Fsp3) is 0.273. The van der Waals surface area contributed by atoms with Crippen molar-refractivity contribution in [3.05, 3.63) is 28.7 Å². The van der Waals surface area contributed by atoms with Crippen LogP contribution in [0.25, 0.3) is 5.57 Å². The third kappa shape index (κ3) is 2.52. The third-order valence-corrected chi connectivity index (χ3v) is 2.76. The van der Waals surface area contributed by atoms with Crippen LogP contribution >= 0.6 is 15.9 Å². The Morgan fingerprint density at radius 1 is 1.33 bits per heavy atom. The van der Waals surface area contributed by atoms with Crippen molar-refractivity contribution < 1.29 is 9.47 Å². The quantitative estimate of drug-likeness (QED) is 0.915. The summed E-state index contributed by atoms with van der Waals surface area (Å²) in [7, 11) is 3.20. The first-order chi connectivity index (χ1) is 7.13. The Morgan fingerprint density at radius 2 is 1.87 bits per heavy atom. The van der Waals surface area contributed by atoms with Crippen molar-refractivity contribution in [3.8, 4) is 11.5 Å². The molecule has 0 heterocycles. The van der Waals surface area contributed by atoms with E-state index in [1.807, 2.05) is 12.1 Å². The van der Waals surface area contributed by atoms with Crippen LogP contribution in [0.5, 0.6) is 11.5 Å². The number of benzene rings is 1. The molecule has 1 rings (SSSR count). The van der Waals surface area contributed by atoms with Crippen molar-refractivity contribution >= 4 is 21.5 Å². The lowest BCUT2D eigenvalue weighted by molar-refractivity contribution is 0.354. The van der Waals surface area contributed by atoms with Crippen molar-refractivity contribution in [2.45, 2.75) is 0 Å². The summed E-state index contributed by atoms with van der Waals surface area (Å²) in [6, 6.07) is 3.70. The molecule has 1 aromatic rings. The molecule has 3 nitrogen and oxygen atoms in total. The first-order valence-electron chi connectivity index (χ1n) is 4.43. The van der Waals surface area contributed by atoms with E-state index < -0.39 is 0 Å². The normalized spacial score (nSPS) is 9.87. The average Bonchev–Trinajstić information content (AvgIpc) is 2.27. The highest BCUT2D eigenvalue weighted by Gasteiger charge is 2.10. The van der Waals surface area contributed by atoms with Gasteiger partial charge in [-0.25, -0.2) is 0 Å². The Balaban J connectivity index is 3.25. The molecule has 1 aromatic carbocycles. The van der Waals surface area contributed by atoms with E-state index in [4.69, 9.17) is 15.2 Å². The lowest BCUT2D eigenvalue weighted by Crippen LogP contribution is -2.02. The molecule has 0 aromatic heterocycles. The van der Waals surface area contributed by atoms with E-state index in [-0.39, 0.29) is 0 Å². The Morgan fingerprint density at radius 3 is 2.33 bits per heavy atom. The zero-order valence-corrected chi connectivity index (χ0v) is 10.4. The molecule has 0 saturated carbocycles. The third-order valence-electron chi connectivity index (χ3n) is 2.10. The SMILES string of the molecule is C=C(CN)c1cc(OC)c(OC)cc1Br. The summed E-state index contributed by atoms with van der Waals surface area (Å²) in [6.45, 7) is 4.29. The highest BCUT2D eigenvalue weighted by Crippen LogP contribution is 2.35. The molecule has 0 fully saturated rings. The maximum atomic E-state index is 5.54. The van der Waals surface area contributed by atoms with Crippen LogP contribution in [0.4, 0.5) is 0 Å². The molecule has 0 aliphatic rings. The molecule has 0 unspecified atom stereocenters. The maximum Gasteiger partial charge on any atom is 0.161 e. The number of nitrogens with two attached hydrogens (primary N) is 1. The second kappa shape index (κ2) is 5.19. The first-order valence-corrected chi connectivity index (χ1v) is 5.23. The van der Waals surface area contributed by atoms with Crippen LogP contribution in [-0.2, 0) is 0 Å². The van der Waals surface area contributed by atoms with Gasteiger partial charge in [0.15, 0.2) is 11.5 Å². The molecule has 0 aliphatic heterocycles. The molecular formula is C11H14BrNO2. The van der Waals surface area contributed by atoms with E-state index >= 15 is 0 Å². The van der Waals surface area contributed by atoms with Crippen molar-refractivity contribution in [3.63, 3.8) is 0 Å². The predicted octanol–water partition coefficient (Wildman–Crippen LogP) is 2.44. The summed E-state index contributed by atoms with van der Waals surface area (Å²) < 4.78 is 11.3.